The van der Waals surface area contributed by atoms with Crippen LogP contribution in [0.4, 0.5) is 18.9 Å². The fourth-order valence-corrected chi connectivity index (χ4v) is 2.12. The predicted octanol–water partition coefficient (Wildman–Crippen LogP) is 3.83. The van der Waals surface area contributed by atoms with E-state index in [-0.39, 0.29) is 12.5 Å². The second-order valence-electron chi connectivity index (χ2n) is 5.61. The molecule has 2 amide bonds. The minimum atomic E-state index is -4.91. The number of hydrogen-bond acceptors (Lipinski definition) is 2. The molecular formula is C19H17F3N2O2. The molecule has 0 aliphatic heterocycles. The van der Waals surface area contributed by atoms with Crippen molar-refractivity contribution in [3.63, 3.8) is 0 Å². The predicted molar refractivity (Wildman–Crippen MR) is 93.2 cm³/mol. The average Bonchev–Trinajstić information content (AvgIpc) is 2.58. The van der Waals surface area contributed by atoms with E-state index in [1.165, 1.54) is 18.2 Å². The summed E-state index contributed by atoms with van der Waals surface area (Å²) in [5, 5.41) is 4.43. The van der Waals surface area contributed by atoms with Crippen molar-refractivity contribution < 1.29 is 22.8 Å². The highest BCUT2D eigenvalue weighted by molar-refractivity contribution is 6.01. The normalized spacial score (nSPS) is 11.4. The number of alkyl halides is 3. The SMILES string of the molecule is Cc1cccc(/C=C/C(=O)Nc2ccc(CNC(=O)C(F)(F)F)cc2)c1. The van der Waals surface area contributed by atoms with Gasteiger partial charge in [-0.2, -0.15) is 13.2 Å². The summed E-state index contributed by atoms with van der Waals surface area (Å²) in [6, 6.07) is 13.8. The highest BCUT2D eigenvalue weighted by Gasteiger charge is 2.38. The molecule has 2 rings (SSSR count). The van der Waals surface area contributed by atoms with E-state index in [0.717, 1.165) is 11.1 Å². The molecular weight excluding hydrogens is 345 g/mol. The van der Waals surface area contributed by atoms with Crippen molar-refractivity contribution >= 4 is 23.6 Å². The van der Waals surface area contributed by atoms with Crippen LogP contribution in [0.5, 0.6) is 0 Å². The molecule has 0 radical (unpaired) electrons. The molecule has 0 saturated carbocycles. The number of carbonyl (C=O) groups excluding carboxylic acids is 2. The van der Waals surface area contributed by atoms with Crippen LogP contribution >= 0.6 is 0 Å². The quantitative estimate of drug-likeness (QED) is 0.795. The van der Waals surface area contributed by atoms with E-state index in [1.54, 1.807) is 23.5 Å². The Morgan fingerprint density at radius 1 is 1.08 bits per heavy atom. The summed E-state index contributed by atoms with van der Waals surface area (Å²) in [4.78, 5) is 22.7. The van der Waals surface area contributed by atoms with Gasteiger partial charge in [-0.05, 0) is 36.3 Å². The zero-order valence-corrected chi connectivity index (χ0v) is 13.9. The van der Waals surface area contributed by atoms with E-state index in [0.29, 0.717) is 11.3 Å². The molecule has 2 aromatic carbocycles. The van der Waals surface area contributed by atoms with E-state index in [2.05, 4.69) is 5.32 Å². The summed E-state index contributed by atoms with van der Waals surface area (Å²) in [5.41, 5.74) is 2.96. The molecule has 4 nitrogen and oxygen atoms in total. The molecule has 0 aliphatic rings. The molecule has 0 atom stereocenters. The van der Waals surface area contributed by atoms with Crippen LogP contribution in [0.15, 0.2) is 54.6 Å². The lowest BCUT2D eigenvalue weighted by atomic mass is 10.1. The molecule has 0 unspecified atom stereocenters. The standard InChI is InChI=1S/C19H17F3N2O2/c1-13-3-2-4-14(11-13)7-10-17(25)24-16-8-5-15(6-9-16)12-23-18(26)19(20,21)22/h2-11H,12H2,1H3,(H,23,26)(H,24,25)/b10-7+. The minimum Gasteiger partial charge on any atom is -0.344 e. The monoisotopic (exact) mass is 362 g/mol. The van der Waals surface area contributed by atoms with Gasteiger partial charge in [0.25, 0.3) is 0 Å². The first kappa shape index (κ1) is 19.2. The number of hydrogen-bond donors (Lipinski definition) is 2. The Balaban J connectivity index is 1.88. The topological polar surface area (TPSA) is 58.2 Å². The minimum absolute atomic E-state index is 0.250. The second kappa shape index (κ2) is 8.33. The molecule has 2 N–H and O–H groups in total. The lowest BCUT2D eigenvalue weighted by molar-refractivity contribution is -0.173. The van der Waals surface area contributed by atoms with Crippen LogP contribution < -0.4 is 10.6 Å². The third-order valence-corrected chi connectivity index (χ3v) is 3.40. The van der Waals surface area contributed by atoms with Crippen LogP contribution in [0, 0.1) is 6.92 Å². The summed E-state index contributed by atoms with van der Waals surface area (Å²) in [6.07, 6.45) is -1.83. The number of aryl methyl sites for hydroxylation is 1. The van der Waals surface area contributed by atoms with Gasteiger partial charge in [-0.25, -0.2) is 0 Å². The summed E-state index contributed by atoms with van der Waals surface area (Å²) in [6.45, 7) is 1.70. The van der Waals surface area contributed by atoms with Crippen LogP contribution in [-0.4, -0.2) is 18.0 Å². The Morgan fingerprint density at radius 3 is 2.38 bits per heavy atom. The first-order chi connectivity index (χ1) is 12.2. The molecule has 0 aromatic heterocycles. The van der Waals surface area contributed by atoms with Gasteiger partial charge >= 0.3 is 12.1 Å². The number of halogens is 3. The van der Waals surface area contributed by atoms with Crippen molar-refractivity contribution in [3.05, 3.63) is 71.3 Å². The van der Waals surface area contributed by atoms with Gasteiger partial charge in [-0.3, -0.25) is 9.59 Å². The molecule has 2 aromatic rings. The van der Waals surface area contributed by atoms with Gasteiger partial charge in [-0.15, -0.1) is 0 Å². The first-order valence-electron chi connectivity index (χ1n) is 7.74. The van der Waals surface area contributed by atoms with Gasteiger partial charge < -0.3 is 10.6 Å². The maximum absolute atomic E-state index is 12.1. The smallest absolute Gasteiger partial charge is 0.344 e. The van der Waals surface area contributed by atoms with Crippen molar-refractivity contribution in [2.75, 3.05) is 5.32 Å². The number of nitrogens with one attached hydrogen (secondary N) is 2. The van der Waals surface area contributed by atoms with Crippen LogP contribution in [-0.2, 0) is 16.1 Å². The lowest BCUT2D eigenvalue weighted by Gasteiger charge is -2.08. The fourth-order valence-electron chi connectivity index (χ4n) is 2.12. The summed E-state index contributed by atoms with van der Waals surface area (Å²) >= 11 is 0. The van der Waals surface area contributed by atoms with E-state index in [1.807, 2.05) is 31.2 Å². The van der Waals surface area contributed by atoms with Gasteiger partial charge in [0.15, 0.2) is 0 Å². The van der Waals surface area contributed by atoms with Crippen molar-refractivity contribution in [2.24, 2.45) is 0 Å². The molecule has 0 saturated heterocycles. The highest BCUT2D eigenvalue weighted by Crippen LogP contribution is 2.15. The zero-order chi connectivity index (χ0) is 19.2. The molecule has 0 bridgehead atoms. The molecule has 0 aliphatic carbocycles. The Hall–Kier alpha value is -3.09. The van der Waals surface area contributed by atoms with Crippen LogP contribution in [0.25, 0.3) is 6.08 Å². The molecule has 0 fully saturated rings. The Labute approximate surface area is 148 Å². The average molecular weight is 362 g/mol. The number of benzene rings is 2. The number of amides is 2. The maximum atomic E-state index is 12.1. The summed E-state index contributed by atoms with van der Waals surface area (Å²) < 4.78 is 36.3. The molecule has 136 valence electrons. The molecule has 7 heteroatoms. The van der Waals surface area contributed by atoms with E-state index in [4.69, 9.17) is 0 Å². The highest BCUT2D eigenvalue weighted by atomic mass is 19.4. The van der Waals surface area contributed by atoms with Crippen LogP contribution in [0.3, 0.4) is 0 Å². The van der Waals surface area contributed by atoms with Crippen LogP contribution in [0.2, 0.25) is 0 Å². The third-order valence-electron chi connectivity index (χ3n) is 3.40. The van der Waals surface area contributed by atoms with Gasteiger partial charge in [-0.1, -0.05) is 42.0 Å². The van der Waals surface area contributed by atoms with Crippen molar-refractivity contribution in [1.29, 1.82) is 0 Å². The summed E-state index contributed by atoms with van der Waals surface area (Å²) in [7, 11) is 0. The van der Waals surface area contributed by atoms with Crippen molar-refractivity contribution in [1.82, 2.24) is 5.32 Å². The fraction of sp³-hybridized carbons (Fsp3) is 0.158. The van der Waals surface area contributed by atoms with Crippen molar-refractivity contribution in [3.8, 4) is 0 Å². The molecule has 26 heavy (non-hydrogen) atoms. The van der Waals surface area contributed by atoms with Crippen LogP contribution in [0.1, 0.15) is 16.7 Å². The third kappa shape index (κ3) is 6.08. The Kier molecular flexibility index (Phi) is 6.16. The molecule has 0 heterocycles. The Morgan fingerprint density at radius 2 is 1.77 bits per heavy atom. The first-order valence-corrected chi connectivity index (χ1v) is 7.74. The Bertz CT molecular complexity index is 812. The van der Waals surface area contributed by atoms with Gasteiger partial charge in [0.05, 0.1) is 0 Å². The second-order valence-corrected chi connectivity index (χ2v) is 5.61. The van der Waals surface area contributed by atoms with Gasteiger partial charge in [0.2, 0.25) is 5.91 Å². The van der Waals surface area contributed by atoms with E-state index in [9.17, 15) is 22.8 Å². The van der Waals surface area contributed by atoms with E-state index >= 15 is 0 Å². The van der Waals surface area contributed by atoms with Gasteiger partial charge in [0.1, 0.15) is 0 Å². The van der Waals surface area contributed by atoms with Crippen molar-refractivity contribution in [2.45, 2.75) is 19.6 Å². The van der Waals surface area contributed by atoms with Gasteiger partial charge in [0, 0.05) is 18.3 Å². The molecule has 0 spiro atoms. The number of carbonyl (C=O) groups is 2. The lowest BCUT2D eigenvalue weighted by Crippen LogP contribution is -2.36. The zero-order valence-electron chi connectivity index (χ0n) is 13.9. The van der Waals surface area contributed by atoms with E-state index < -0.39 is 12.1 Å². The largest absolute Gasteiger partial charge is 0.471 e. The maximum Gasteiger partial charge on any atom is 0.471 e. The number of anilines is 1. The summed E-state index contributed by atoms with van der Waals surface area (Å²) in [5.74, 6) is -2.32. The number of rotatable bonds is 5.